The van der Waals surface area contributed by atoms with Crippen molar-refractivity contribution in [2.45, 2.75) is 39.3 Å². The summed E-state index contributed by atoms with van der Waals surface area (Å²) in [7, 11) is 0. The predicted octanol–water partition coefficient (Wildman–Crippen LogP) is -0.0409. The summed E-state index contributed by atoms with van der Waals surface area (Å²) in [5.74, 6) is -1.13. The van der Waals surface area contributed by atoms with Gasteiger partial charge in [-0.25, -0.2) is 0 Å². The highest BCUT2D eigenvalue weighted by molar-refractivity contribution is 5.97. The van der Waals surface area contributed by atoms with Crippen molar-refractivity contribution in [1.29, 1.82) is 0 Å². The number of hydrogen-bond acceptors (Lipinski definition) is 8. The summed E-state index contributed by atoms with van der Waals surface area (Å²) in [5, 5.41) is 21.6. The molecule has 2 fully saturated rings. The highest BCUT2D eigenvalue weighted by atomic mass is 16.6. The van der Waals surface area contributed by atoms with Gasteiger partial charge >= 0.3 is 0 Å². The summed E-state index contributed by atoms with van der Waals surface area (Å²) >= 11 is 0. The Morgan fingerprint density at radius 1 is 1.36 bits per heavy atom. The van der Waals surface area contributed by atoms with E-state index in [1.54, 1.807) is 4.90 Å². The topological polar surface area (TPSA) is 140 Å². The lowest BCUT2D eigenvalue weighted by Gasteiger charge is -2.26. The molecule has 1 aliphatic heterocycles. The molecule has 0 spiro atoms. The zero-order valence-electron chi connectivity index (χ0n) is 18.7. The number of carbonyl (C=O) groups is 2. The zero-order chi connectivity index (χ0) is 23.5. The van der Waals surface area contributed by atoms with Crippen LogP contribution in [0.5, 0.6) is 5.88 Å². The van der Waals surface area contributed by atoms with Crippen molar-refractivity contribution in [2.24, 2.45) is 11.1 Å². The Morgan fingerprint density at radius 3 is 2.76 bits per heavy atom. The molecule has 178 valence electrons. The first-order chi connectivity index (χ1) is 15.9. The molecule has 33 heavy (non-hydrogen) atoms. The molecule has 3 heterocycles. The summed E-state index contributed by atoms with van der Waals surface area (Å²) in [6.45, 7) is 6.01. The minimum atomic E-state index is -0.719. The molecule has 2 aromatic rings. The highest BCUT2D eigenvalue weighted by Crippen LogP contribution is 2.23. The van der Waals surface area contributed by atoms with E-state index >= 15 is 0 Å². The first-order valence-corrected chi connectivity index (χ1v) is 11.0. The van der Waals surface area contributed by atoms with E-state index in [-0.39, 0.29) is 35.7 Å². The molecule has 0 unspecified atom stereocenters. The summed E-state index contributed by atoms with van der Waals surface area (Å²) in [4.78, 5) is 44.5. The van der Waals surface area contributed by atoms with Gasteiger partial charge in [0, 0.05) is 25.7 Å². The number of morpholine rings is 1. The third-order valence-corrected chi connectivity index (χ3v) is 5.42. The average molecular weight is 460 g/mol. The van der Waals surface area contributed by atoms with E-state index in [0.717, 1.165) is 17.4 Å². The maximum Gasteiger partial charge on any atom is 0.291 e. The van der Waals surface area contributed by atoms with E-state index in [9.17, 15) is 19.5 Å². The standard InChI is InChI=1S/C21H28N6O6/c1-13(2)11-26-19-14(10-23-33-12-16(28)25-5-7-32-8-6-25)9-22-27(19)21(31)17(20(26)30)18(29)24-15-3-4-15/h9-10,13,15,30H,3-8,11-12H2,1-2H3,(H,24,29). The summed E-state index contributed by atoms with van der Waals surface area (Å²) in [6, 6.07) is 0.0307. The van der Waals surface area contributed by atoms with Gasteiger partial charge < -0.3 is 24.9 Å². The Hall–Kier alpha value is -3.41. The van der Waals surface area contributed by atoms with Crippen molar-refractivity contribution in [2.75, 3.05) is 32.9 Å². The number of nitrogens with one attached hydrogen (secondary N) is 1. The van der Waals surface area contributed by atoms with Crippen molar-refractivity contribution in [3.8, 4) is 5.88 Å². The molecule has 2 aromatic heterocycles. The van der Waals surface area contributed by atoms with Crippen LogP contribution in [0.3, 0.4) is 0 Å². The number of ether oxygens (including phenoxy) is 1. The minimum Gasteiger partial charge on any atom is -0.494 e. The van der Waals surface area contributed by atoms with Crippen LogP contribution in [0.4, 0.5) is 0 Å². The van der Waals surface area contributed by atoms with Gasteiger partial charge in [0.1, 0.15) is 0 Å². The minimum absolute atomic E-state index is 0.0307. The van der Waals surface area contributed by atoms with Crippen LogP contribution in [0.15, 0.2) is 16.1 Å². The number of oxime groups is 1. The molecule has 1 aliphatic carbocycles. The molecule has 4 rings (SSSR count). The summed E-state index contributed by atoms with van der Waals surface area (Å²) in [5.41, 5.74) is -0.380. The number of rotatable bonds is 8. The zero-order valence-corrected chi connectivity index (χ0v) is 18.7. The molecule has 1 saturated heterocycles. The molecule has 2 aliphatic rings. The van der Waals surface area contributed by atoms with Crippen LogP contribution in [-0.4, -0.2) is 81.2 Å². The van der Waals surface area contributed by atoms with Gasteiger partial charge in [-0.15, -0.1) is 0 Å². The van der Waals surface area contributed by atoms with E-state index in [1.807, 2.05) is 13.8 Å². The van der Waals surface area contributed by atoms with Crippen molar-refractivity contribution < 1.29 is 24.3 Å². The first kappa shape index (κ1) is 22.8. The molecule has 12 heteroatoms. The van der Waals surface area contributed by atoms with Gasteiger partial charge in [0.2, 0.25) is 5.88 Å². The van der Waals surface area contributed by atoms with E-state index in [1.165, 1.54) is 17.0 Å². The average Bonchev–Trinajstić information content (AvgIpc) is 3.50. The number of carbonyl (C=O) groups excluding carboxylic acids is 2. The SMILES string of the molecule is CC(C)Cn1c(O)c(C(=O)NC2CC2)c(=O)n2ncc(C=NOCC(=O)N3CCOCC3)c12. The normalized spacial score (nSPS) is 16.6. The molecule has 2 N–H and O–H groups in total. The van der Waals surface area contributed by atoms with Crippen LogP contribution in [0.1, 0.15) is 42.6 Å². The van der Waals surface area contributed by atoms with Crippen molar-refractivity contribution >= 4 is 23.7 Å². The number of aromatic nitrogens is 3. The third kappa shape index (κ3) is 5.00. The number of fused-ring (bicyclic) bond motifs is 1. The second-order valence-electron chi connectivity index (χ2n) is 8.59. The van der Waals surface area contributed by atoms with Gasteiger partial charge in [-0.3, -0.25) is 19.0 Å². The van der Waals surface area contributed by atoms with Crippen LogP contribution in [0.25, 0.3) is 5.65 Å². The van der Waals surface area contributed by atoms with E-state index < -0.39 is 17.3 Å². The Kier molecular flexibility index (Phi) is 6.63. The molecular formula is C21H28N6O6. The van der Waals surface area contributed by atoms with Crippen LogP contribution >= 0.6 is 0 Å². The number of hydrogen-bond donors (Lipinski definition) is 2. The van der Waals surface area contributed by atoms with Crippen LogP contribution in [0.2, 0.25) is 0 Å². The Bertz CT molecular complexity index is 1130. The monoisotopic (exact) mass is 460 g/mol. The fraction of sp³-hybridized carbons (Fsp3) is 0.571. The fourth-order valence-electron chi connectivity index (χ4n) is 3.61. The van der Waals surface area contributed by atoms with Crippen LogP contribution < -0.4 is 10.9 Å². The Morgan fingerprint density at radius 2 is 2.09 bits per heavy atom. The lowest BCUT2D eigenvalue weighted by atomic mass is 10.2. The van der Waals surface area contributed by atoms with Gasteiger partial charge in [0.05, 0.1) is 31.2 Å². The lowest BCUT2D eigenvalue weighted by Crippen LogP contribution is -2.42. The molecular weight excluding hydrogens is 432 g/mol. The number of nitrogens with zero attached hydrogens (tertiary/aromatic N) is 5. The van der Waals surface area contributed by atoms with E-state index in [4.69, 9.17) is 9.57 Å². The van der Waals surface area contributed by atoms with Gasteiger partial charge in [-0.05, 0) is 18.8 Å². The second kappa shape index (κ2) is 9.61. The predicted molar refractivity (Wildman–Crippen MR) is 117 cm³/mol. The molecule has 0 bridgehead atoms. The quantitative estimate of drug-likeness (QED) is 0.416. The van der Waals surface area contributed by atoms with Gasteiger partial charge in [-0.2, -0.15) is 9.61 Å². The molecule has 2 amide bonds. The smallest absolute Gasteiger partial charge is 0.291 e. The van der Waals surface area contributed by atoms with Crippen molar-refractivity contribution in [1.82, 2.24) is 24.4 Å². The first-order valence-electron chi connectivity index (χ1n) is 11.0. The molecule has 0 atom stereocenters. The molecule has 0 aromatic carbocycles. The molecule has 12 nitrogen and oxygen atoms in total. The number of amides is 2. The van der Waals surface area contributed by atoms with E-state index in [2.05, 4.69) is 15.6 Å². The summed E-state index contributed by atoms with van der Waals surface area (Å²) in [6.07, 6.45) is 4.43. The maximum atomic E-state index is 13.0. The van der Waals surface area contributed by atoms with Crippen LogP contribution in [0, 0.1) is 5.92 Å². The third-order valence-electron chi connectivity index (χ3n) is 5.42. The molecule has 0 radical (unpaired) electrons. The number of aromatic hydroxyl groups is 1. The molecule has 1 saturated carbocycles. The van der Waals surface area contributed by atoms with Crippen molar-refractivity contribution in [3.63, 3.8) is 0 Å². The van der Waals surface area contributed by atoms with Gasteiger partial charge in [0.15, 0.2) is 17.8 Å². The lowest BCUT2D eigenvalue weighted by molar-refractivity contribution is -0.140. The van der Waals surface area contributed by atoms with Crippen LogP contribution in [-0.2, 0) is 20.9 Å². The Labute approximate surface area is 189 Å². The largest absolute Gasteiger partial charge is 0.494 e. The van der Waals surface area contributed by atoms with Gasteiger partial charge in [-0.1, -0.05) is 19.0 Å². The van der Waals surface area contributed by atoms with Gasteiger partial charge in [0.25, 0.3) is 17.4 Å². The second-order valence-corrected chi connectivity index (χ2v) is 8.59. The highest BCUT2D eigenvalue weighted by Gasteiger charge is 2.30. The summed E-state index contributed by atoms with van der Waals surface area (Å²) < 4.78 is 7.77. The van der Waals surface area contributed by atoms with E-state index in [0.29, 0.717) is 38.4 Å². The Balaban J connectivity index is 1.59. The van der Waals surface area contributed by atoms with Crippen molar-refractivity contribution in [3.05, 3.63) is 27.7 Å². The fourth-order valence-corrected chi connectivity index (χ4v) is 3.61. The maximum absolute atomic E-state index is 13.0.